The highest BCUT2D eigenvalue weighted by atomic mass is 35.5. The predicted octanol–water partition coefficient (Wildman–Crippen LogP) is 1.16. The van der Waals surface area contributed by atoms with Gasteiger partial charge in [-0.1, -0.05) is 11.6 Å². The van der Waals surface area contributed by atoms with E-state index in [0.29, 0.717) is 23.9 Å². The maximum absolute atomic E-state index is 12.5. The van der Waals surface area contributed by atoms with Gasteiger partial charge in [-0.25, -0.2) is 9.50 Å². The summed E-state index contributed by atoms with van der Waals surface area (Å²) in [7, 11) is 0. The minimum Gasteiger partial charge on any atom is -0.368 e. The molecule has 150 valence electrons. The third kappa shape index (κ3) is 4.14. The summed E-state index contributed by atoms with van der Waals surface area (Å²) in [5.74, 6) is -0.290. The molecule has 3 aromatic rings. The number of rotatable bonds is 4. The maximum atomic E-state index is 12.5. The Bertz CT molecular complexity index is 1040. The lowest BCUT2D eigenvalue weighted by Crippen LogP contribution is -2.51. The van der Waals surface area contributed by atoms with E-state index >= 15 is 0 Å². The third-order valence-electron chi connectivity index (χ3n) is 4.86. The molecule has 2 aromatic heterocycles. The van der Waals surface area contributed by atoms with E-state index in [-0.39, 0.29) is 18.3 Å². The van der Waals surface area contributed by atoms with Gasteiger partial charge in [0.25, 0.3) is 11.7 Å². The highest BCUT2D eigenvalue weighted by molar-refractivity contribution is 6.30. The van der Waals surface area contributed by atoms with Crippen molar-refractivity contribution in [3.05, 3.63) is 53.1 Å². The van der Waals surface area contributed by atoms with Gasteiger partial charge in [0, 0.05) is 48.8 Å². The lowest BCUT2D eigenvalue weighted by Gasteiger charge is -2.36. The Hall–Kier alpha value is -3.20. The quantitative estimate of drug-likeness (QED) is 0.689. The number of anilines is 1. The van der Waals surface area contributed by atoms with E-state index in [1.807, 2.05) is 31.2 Å². The summed E-state index contributed by atoms with van der Waals surface area (Å²) in [5.41, 5.74) is 1.90. The van der Waals surface area contributed by atoms with Crippen LogP contribution in [0.25, 0.3) is 5.78 Å². The Labute approximate surface area is 172 Å². The molecule has 1 aromatic carbocycles. The van der Waals surface area contributed by atoms with Gasteiger partial charge < -0.3 is 15.1 Å². The Balaban J connectivity index is 1.30. The Morgan fingerprint density at radius 1 is 1.10 bits per heavy atom. The van der Waals surface area contributed by atoms with Gasteiger partial charge >= 0.3 is 0 Å². The van der Waals surface area contributed by atoms with Crippen LogP contribution in [0.15, 0.2) is 36.5 Å². The Morgan fingerprint density at radius 2 is 1.83 bits per heavy atom. The summed E-state index contributed by atoms with van der Waals surface area (Å²) in [6.45, 7) is 4.38. The number of aryl methyl sites for hydroxylation is 1. The smallest absolute Gasteiger partial charge is 0.291 e. The van der Waals surface area contributed by atoms with Crippen LogP contribution in [0.2, 0.25) is 5.02 Å². The average Bonchev–Trinajstić information content (AvgIpc) is 3.18. The van der Waals surface area contributed by atoms with Crippen LogP contribution in [0, 0.1) is 6.92 Å². The van der Waals surface area contributed by atoms with Gasteiger partial charge in [-0.15, -0.1) is 5.10 Å². The van der Waals surface area contributed by atoms with Crippen molar-refractivity contribution >= 4 is 34.9 Å². The second-order valence-corrected chi connectivity index (χ2v) is 7.20. The molecule has 1 fully saturated rings. The topological polar surface area (TPSA) is 95.7 Å². The summed E-state index contributed by atoms with van der Waals surface area (Å²) in [4.78, 5) is 36.9. The minimum absolute atomic E-state index is 0.00726. The van der Waals surface area contributed by atoms with Crippen LogP contribution in [0.5, 0.6) is 0 Å². The highest BCUT2D eigenvalue weighted by Gasteiger charge is 2.22. The fourth-order valence-corrected chi connectivity index (χ4v) is 3.34. The number of benzene rings is 1. The molecule has 29 heavy (non-hydrogen) atoms. The zero-order chi connectivity index (χ0) is 20.4. The number of hydrogen-bond donors (Lipinski definition) is 1. The molecule has 0 radical (unpaired) electrons. The summed E-state index contributed by atoms with van der Waals surface area (Å²) in [6, 6.07) is 9.43. The number of nitrogens with zero attached hydrogens (tertiary/aromatic N) is 6. The van der Waals surface area contributed by atoms with Crippen LogP contribution in [-0.2, 0) is 4.79 Å². The lowest BCUT2D eigenvalue weighted by atomic mass is 10.2. The number of carbonyl (C=O) groups is 2. The van der Waals surface area contributed by atoms with E-state index in [1.165, 1.54) is 4.52 Å². The molecule has 4 rings (SSSR count). The van der Waals surface area contributed by atoms with Crippen molar-refractivity contribution in [2.75, 3.05) is 37.6 Å². The first-order valence-electron chi connectivity index (χ1n) is 9.26. The van der Waals surface area contributed by atoms with Crippen LogP contribution in [-0.4, -0.2) is 69.0 Å². The van der Waals surface area contributed by atoms with Crippen molar-refractivity contribution in [3.63, 3.8) is 0 Å². The molecule has 3 heterocycles. The number of aromatic nitrogens is 4. The second-order valence-electron chi connectivity index (χ2n) is 6.76. The molecule has 0 spiro atoms. The number of halogens is 1. The van der Waals surface area contributed by atoms with Gasteiger partial charge in [0.1, 0.15) is 0 Å². The van der Waals surface area contributed by atoms with E-state index in [0.717, 1.165) is 24.5 Å². The standard InChI is InChI=1S/C19H20ClN7O2/c1-13-6-7-21-19-23-17(24-27(13)19)18(29)22-12-16(28)26-10-8-25(9-11-26)15-4-2-14(20)3-5-15/h2-7H,8-12H2,1H3,(H,22,29). The molecular formula is C19H20ClN7O2. The van der Waals surface area contributed by atoms with Gasteiger partial charge in [-0.3, -0.25) is 9.59 Å². The van der Waals surface area contributed by atoms with Gasteiger partial charge in [-0.2, -0.15) is 4.98 Å². The van der Waals surface area contributed by atoms with Crippen molar-refractivity contribution in [3.8, 4) is 0 Å². The molecule has 10 heteroatoms. The van der Waals surface area contributed by atoms with Crippen molar-refractivity contribution in [2.24, 2.45) is 0 Å². The molecule has 9 nitrogen and oxygen atoms in total. The van der Waals surface area contributed by atoms with E-state index in [1.54, 1.807) is 17.2 Å². The largest absolute Gasteiger partial charge is 0.368 e. The van der Waals surface area contributed by atoms with E-state index in [4.69, 9.17) is 11.6 Å². The molecule has 1 aliphatic heterocycles. The molecule has 2 amide bonds. The number of carbonyl (C=O) groups excluding carboxylic acids is 2. The van der Waals surface area contributed by atoms with Crippen LogP contribution in [0.3, 0.4) is 0 Å². The number of amides is 2. The second kappa shape index (κ2) is 8.04. The molecule has 0 saturated carbocycles. The monoisotopic (exact) mass is 413 g/mol. The first-order valence-corrected chi connectivity index (χ1v) is 9.64. The average molecular weight is 414 g/mol. The van der Waals surface area contributed by atoms with E-state index in [2.05, 4.69) is 25.3 Å². The molecule has 1 aliphatic rings. The van der Waals surface area contributed by atoms with Crippen molar-refractivity contribution < 1.29 is 9.59 Å². The van der Waals surface area contributed by atoms with E-state index in [9.17, 15) is 9.59 Å². The van der Waals surface area contributed by atoms with Crippen molar-refractivity contribution in [1.82, 2.24) is 29.8 Å². The van der Waals surface area contributed by atoms with Gasteiger partial charge in [0.15, 0.2) is 0 Å². The molecule has 1 N–H and O–H groups in total. The fraction of sp³-hybridized carbons (Fsp3) is 0.316. The zero-order valence-electron chi connectivity index (χ0n) is 15.9. The van der Waals surface area contributed by atoms with E-state index < -0.39 is 5.91 Å². The normalized spacial score (nSPS) is 14.3. The van der Waals surface area contributed by atoms with Gasteiger partial charge in [0.2, 0.25) is 11.7 Å². The van der Waals surface area contributed by atoms with Crippen LogP contribution >= 0.6 is 11.6 Å². The SMILES string of the molecule is Cc1ccnc2nc(C(=O)NCC(=O)N3CCN(c4ccc(Cl)cc4)CC3)nn12. The van der Waals surface area contributed by atoms with Crippen LogP contribution < -0.4 is 10.2 Å². The Kier molecular flexibility index (Phi) is 5.30. The molecule has 0 unspecified atom stereocenters. The van der Waals surface area contributed by atoms with Gasteiger partial charge in [0.05, 0.1) is 6.54 Å². The molecule has 1 saturated heterocycles. The lowest BCUT2D eigenvalue weighted by molar-refractivity contribution is -0.130. The summed E-state index contributed by atoms with van der Waals surface area (Å²) in [6.07, 6.45) is 1.61. The number of hydrogen-bond acceptors (Lipinski definition) is 6. The molecular weight excluding hydrogens is 394 g/mol. The molecule has 0 bridgehead atoms. The summed E-state index contributed by atoms with van der Waals surface area (Å²) in [5, 5.41) is 7.44. The third-order valence-corrected chi connectivity index (χ3v) is 5.11. The van der Waals surface area contributed by atoms with Crippen LogP contribution in [0.4, 0.5) is 5.69 Å². The minimum atomic E-state index is -0.497. The van der Waals surface area contributed by atoms with Crippen molar-refractivity contribution in [2.45, 2.75) is 6.92 Å². The molecule has 0 aliphatic carbocycles. The first-order chi connectivity index (χ1) is 14.0. The number of nitrogens with one attached hydrogen (secondary N) is 1. The summed E-state index contributed by atoms with van der Waals surface area (Å²) < 4.78 is 1.49. The Morgan fingerprint density at radius 3 is 2.52 bits per heavy atom. The number of piperazine rings is 1. The first kappa shape index (κ1) is 19.1. The fourth-order valence-electron chi connectivity index (χ4n) is 3.22. The van der Waals surface area contributed by atoms with Crippen LogP contribution in [0.1, 0.15) is 16.3 Å². The molecule has 0 atom stereocenters. The number of fused-ring (bicyclic) bond motifs is 1. The maximum Gasteiger partial charge on any atom is 0.291 e. The predicted molar refractivity (Wildman–Crippen MR) is 108 cm³/mol. The van der Waals surface area contributed by atoms with Gasteiger partial charge in [-0.05, 0) is 37.3 Å². The summed E-state index contributed by atoms with van der Waals surface area (Å²) >= 11 is 5.93. The highest BCUT2D eigenvalue weighted by Crippen LogP contribution is 2.19. The van der Waals surface area contributed by atoms with Crippen molar-refractivity contribution in [1.29, 1.82) is 0 Å². The zero-order valence-corrected chi connectivity index (χ0v) is 16.6.